The Bertz CT molecular complexity index is 551. The van der Waals surface area contributed by atoms with Crippen LogP contribution < -0.4 is 10.6 Å². The monoisotopic (exact) mass is 410 g/mol. The van der Waals surface area contributed by atoms with Crippen molar-refractivity contribution in [3.63, 3.8) is 0 Å². The van der Waals surface area contributed by atoms with Crippen LogP contribution in [-0.2, 0) is 32.7 Å². The zero-order valence-electron chi connectivity index (χ0n) is 17.0. The van der Waals surface area contributed by atoms with Crippen molar-refractivity contribution >= 4 is 25.6 Å². The van der Waals surface area contributed by atoms with Gasteiger partial charge in [0, 0.05) is 0 Å². The molecule has 0 saturated carbocycles. The highest BCUT2D eigenvalue weighted by Crippen LogP contribution is 2.52. The quantitative estimate of drug-likeness (QED) is 0.414. The van der Waals surface area contributed by atoms with E-state index < -0.39 is 43.0 Å². The lowest BCUT2D eigenvalue weighted by Gasteiger charge is -2.27. The van der Waals surface area contributed by atoms with Gasteiger partial charge in [-0.05, 0) is 48.5 Å². The van der Waals surface area contributed by atoms with Crippen molar-refractivity contribution in [3.05, 3.63) is 0 Å². The van der Waals surface area contributed by atoms with Crippen LogP contribution in [0.4, 0.5) is 4.79 Å². The second kappa shape index (κ2) is 11.3. The van der Waals surface area contributed by atoms with Crippen LogP contribution in [0.15, 0.2) is 0 Å². The van der Waals surface area contributed by atoms with E-state index in [1.54, 1.807) is 41.5 Å². The van der Waals surface area contributed by atoms with Gasteiger partial charge >= 0.3 is 19.7 Å². The minimum atomic E-state index is -4.03. The predicted molar refractivity (Wildman–Crippen MR) is 98.3 cm³/mol. The minimum absolute atomic E-state index is 0.00519. The van der Waals surface area contributed by atoms with Crippen LogP contribution in [0.2, 0.25) is 0 Å². The Morgan fingerprint density at radius 3 is 1.89 bits per heavy atom. The molecule has 2 N–H and O–H groups in total. The summed E-state index contributed by atoms with van der Waals surface area (Å²) in [5, 5.41) is 4.61. The summed E-state index contributed by atoms with van der Waals surface area (Å²) in [5.41, 5.74) is -0.743. The summed E-state index contributed by atoms with van der Waals surface area (Å²) in [5.74, 6) is -3.40. The minimum Gasteiger partial charge on any atom is -0.464 e. The summed E-state index contributed by atoms with van der Waals surface area (Å²) in [4.78, 5) is 36.4. The molecule has 0 fully saturated rings. The third-order valence-corrected chi connectivity index (χ3v) is 5.06. The highest BCUT2D eigenvalue weighted by molar-refractivity contribution is 7.55. The third kappa shape index (κ3) is 9.21. The standard InChI is InChI=1S/C16H31N2O8P/c1-8-23-14(20)13(27(22,24-9-2)25-10-3)18-12(19)11(4)17-15(21)26-16(5,6)7/h11,13H,8-10H2,1-7H3,(H,17,21)(H,18,19)/t11-,13-/m0/s1. The number of nitrogens with one attached hydrogen (secondary N) is 2. The maximum absolute atomic E-state index is 12.9. The molecule has 10 nitrogen and oxygen atoms in total. The van der Waals surface area contributed by atoms with Gasteiger partial charge in [-0.25, -0.2) is 9.59 Å². The van der Waals surface area contributed by atoms with Gasteiger partial charge in [-0.15, -0.1) is 0 Å². The van der Waals surface area contributed by atoms with E-state index in [0.29, 0.717) is 0 Å². The summed E-state index contributed by atoms with van der Waals surface area (Å²) in [6.07, 6.45) is -0.810. The zero-order chi connectivity index (χ0) is 21.3. The average Bonchev–Trinajstić information content (AvgIpc) is 2.50. The molecule has 0 aromatic heterocycles. The Labute approximate surface area is 160 Å². The van der Waals surface area contributed by atoms with Crippen molar-refractivity contribution in [1.82, 2.24) is 10.6 Å². The van der Waals surface area contributed by atoms with Gasteiger partial charge < -0.3 is 29.2 Å². The van der Waals surface area contributed by atoms with E-state index in [9.17, 15) is 18.9 Å². The fraction of sp³-hybridized carbons (Fsp3) is 0.812. The summed E-state index contributed by atoms with van der Waals surface area (Å²) in [6.45, 7) is 11.1. The van der Waals surface area contributed by atoms with Crippen molar-refractivity contribution < 1.29 is 37.5 Å². The maximum atomic E-state index is 12.9. The van der Waals surface area contributed by atoms with Crippen LogP contribution in [0.3, 0.4) is 0 Å². The Hall–Kier alpha value is -1.64. The lowest BCUT2D eigenvalue weighted by molar-refractivity contribution is -0.145. The van der Waals surface area contributed by atoms with E-state index in [-0.39, 0.29) is 19.8 Å². The molecule has 0 aliphatic carbocycles. The number of rotatable bonds is 10. The fourth-order valence-corrected chi connectivity index (χ4v) is 3.55. The summed E-state index contributed by atoms with van der Waals surface area (Å²) >= 11 is 0. The SMILES string of the molecule is CCOC(=O)[C@@H](NC(=O)[C@H](C)NC(=O)OC(C)(C)C)P(=O)(OCC)OCC. The van der Waals surface area contributed by atoms with E-state index in [4.69, 9.17) is 18.5 Å². The van der Waals surface area contributed by atoms with E-state index in [2.05, 4.69) is 10.6 Å². The molecule has 0 aromatic carbocycles. The van der Waals surface area contributed by atoms with Crippen molar-refractivity contribution in [2.75, 3.05) is 19.8 Å². The molecule has 0 saturated heterocycles. The predicted octanol–water partition coefficient (Wildman–Crippen LogP) is 2.17. The Kier molecular flexibility index (Phi) is 10.6. The van der Waals surface area contributed by atoms with Crippen LogP contribution in [0.1, 0.15) is 48.5 Å². The highest BCUT2D eigenvalue weighted by Gasteiger charge is 2.44. The van der Waals surface area contributed by atoms with Crippen LogP contribution in [0.25, 0.3) is 0 Å². The lowest BCUT2D eigenvalue weighted by atomic mass is 10.2. The molecule has 0 aliphatic heterocycles. The van der Waals surface area contributed by atoms with E-state index in [0.717, 1.165) is 0 Å². The number of alkyl carbamates (subject to hydrolysis) is 1. The van der Waals surface area contributed by atoms with Crippen molar-refractivity contribution in [2.24, 2.45) is 0 Å². The first-order valence-electron chi connectivity index (χ1n) is 8.75. The number of carbonyl (C=O) groups is 3. The molecule has 0 unspecified atom stereocenters. The highest BCUT2D eigenvalue weighted by atomic mass is 31.2. The summed E-state index contributed by atoms with van der Waals surface area (Å²) in [6, 6.07) is -1.08. The van der Waals surface area contributed by atoms with Gasteiger partial charge in [-0.3, -0.25) is 9.36 Å². The van der Waals surface area contributed by atoms with Crippen molar-refractivity contribution in [3.8, 4) is 0 Å². The largest absolute Gasteiger partial charge is 0.464 e. The second-order valence-corrected chi connectivity index (χ2v) is 8.52. The number of esters is 1. The fourth-order valence-electron chi connectivity index (χ4n) is 1.84. The number of hydrogen-bond donors (Lipinski definition) is 2. The number of hydrogen-bond acceptors (Lipinski definition) is 8. The summed E-state index contributed by atoms with van der Waals surface area (Å²) in [7, 11) is -4.03. The molecule has 0 radical (unpaired) electrons. The van der Waals surface area contributed by atoms with Crippen molar-refractivity contribution in [2.45, 2.75) is 65.9 Å². The topological polar surface area (TPSA) is 129 Å². The Morgan fingerprint density at radius 1 is 0.963 bits per heavy atom. The first-order chi connectivity index (χ1) is 12.4. The molecular weight excluding hydrogens is 379 g/mol. The Balaban J connectivity index is 5.30. The van der Waals surface area contributed by atoms with Gasteiger partial charge in [0.05, 0.1) is 19.8 Å². The molecule has 0 heterocycles. The van der Waals surface area contributed by atoms with Gasteiger partial charge in [0.1, 0.15) is 11.6 Å². The van der Waals surface area contributed by atoms with Crippen LogP contribution in [0.5, 0.6) is 0 Å². The van der Waals surface area contributed by atoms with Gasteiger partial charge in [-0.1, -0.05) is 0 Å². The third-order valence-electron chi connectivity index (χ3n) is 2.85. The lowest BCUT2D eigenvalue weighted by Crippen LogP contribution is -2.51. The molecule has 2 atom stereocenters. The smallest absolute Gasteiger partial charge is 0.408 e. The molecule has 0 aromatic rings. The molecule has 158 valence electrons. The second-order valence-electron chi connectivity index (χ2n) is 6.41. The number of amides is 2. The number of carbonyl (C=O) groups excluding carboxylic acids is 3. The van der Waals surface area contributed by atoms with Gasteiger partial charge in [0.2, 0.25) is 11.7 Å². The van der Waals surface area contributed by atoms with Crippen LogP contribution in [-0.4, -0.2) is 55.2 Å². The molecule has 2 amide bonds. The van der Waals surface area contributed by atoms with Gasteiger partial charge in [-0.2, -0.15) is 0 Å². The zero-order valence-corrected chi connectivity index (χ0v) is 17.9. The molecule has 0 rings (SSSR count). The van der Waals surface area contributed by atoms with Gasteiger partial charge in [0.25, 0.3) is 0 Å². The first-order valence-corrected chi connectivity index (χ1v) is 10.4. The van der Waals surface area contributed by atoms with E-state index >= 15 is 0 Å². The number of ether oxygens (including phenoxy) is 2. The van der Waals surface area contributed by atoms with Crippen molar-refractivity contribution in [1.29, 1.82) is 0 Å². The molecule has 27 heavy (non-hydrogen) atoms. The van der Waals surface area contributed by atoms with Crippen LogP contribution >= 0.6 is 7.60 Å². The molecule has 0 spiro atoms. The first kappa shape index (κ1) is 25.4. The van der Waals surface area contributed by atoms with E-state index in [1.807, 2.05) is 0 Å². The molecule has 11 heteroatoms. The molecular formula is C16H31N2O8P. The normalized spacial score (nSPS) is 14.0. The molecule has 0 aliphatic rings. The van der Waals surface area contributed by atoms with E-state index in [1.165, 1.54) is 6.92 Å². The van der Waals surface area contributed by atoms with Crippen LogP contribution in [0, 0.1) is 0 Å². The maximum Gasteiger partial charge on any atom is 0.408 e. The molecule has 0 bridgehead atoms. The summed E-state index contributed by atoms with van der Waals surface area (Å²) < 4.78 is 33.1. The average molecular weight is 410 g/mol. The van der Waals surface area contributed by atoms with Gasteiger partial charge in [0.15, 0.2) is 0 Å². The Morgan fingerprint density at radius 2 is 1.48 bits per heavy atom.